The lowest BCUT2D eigenvalue weighted by molar-refractivity contribution is -0.119. The average Bonchev–Trinajstić information content (AvgIpc) is 3.40. The van der Waals surface area contributed by atoms with Crippen LogP contribution in [0.25, 0.3) is 5.52 Å². The van der Waals surface area contributed by atoms with E-state index in [9.17, 15) is 9.59 Å². The second-order valence-corrected chi connectivity index (χ2v) is 7.17. The molecule has 0 radical (unpaired) electrons. The summed E-state index contributed by atoms with van der Waals surface area (Å²) in [6, 6.07) is 8.27. The Balaban J connectivity index is 1.48. The summed E-state index contributed by atoms with van der Waals surface area (Å²) in [4.78, 5) is 29.8. The fourth-order valence-corrected chi connectivity index (χ4v) is 3.88. The van der Waals surface area contributed by atoms with Crippen LogP contribution in [-0.2, 0) is 11.3 Å². The maximum Gasteiger partial charge on any atom is 0.293 e. The number of fused-ring (bicyclic) bond motifs is 2. The highest BCUT2D eigenvalue weighted by Crippen LogP contribution is 2.42. The predicted molar refractivity (Wildman–Crippen MR) is 101 cm³/mol. The molecule has 0 bridgehead atoms. The monoisotopic (exact) mass is 364 g/mol. The number of benzene rings is 1. The number of hydrogen-bond donors (Lipinski definition) is 0. The Labute approximate surface area is 155 Å². The van der Waals surface area contributed by atoms with Crippen LogP contribution < -0.4 is 15.4 Å². The van der Waals surface area contributed by atoms with Crippen LogP contribution in [-0.4, -0.2) is 44.4 Å². The number of hydrogen-bond acceptors (Lipinski definition) is 5. The van der Waals surface area contributed by atoms with Gasteiger partial charge in [0, 0.05) is 19.1 Å². The van der Waals surface area contributed by atoms with Gasteiger partial charge in [0.05, 0.1) is 17.6 Å². The molecule has 0 N–H and O–H groups in total. The van der Waals surface area contributed by atoms with Crippen molar-refractivity contribution in [1.29, 1.82) is 0 Å². The minimum absolute atomic E-state index is 0.0860. The van der Waals surface area contributed by atoms with Crippen LogP contribution in [0, 0.1) is 6.92 Å². The molecule has 138 valence electrons. The highest BCUT2D eigenvalue weighted by atomic mass is 16.2. The minimum atomic E-state index is -0.315. The zero-order chi connectivity index (χ0) is 18.5. The maximum absolute atomic E-state index is 13.0. The first-order chi connectivity index (χ1) is 13.1. The largest absolute Gasteiger partial charge is 0.365 e. The number of amides is 1. The van der Waals surface area contributed by atoms with Crippen LogP contribution in [0.4, 0.5) is 11.4 Å². The van der Waals surface area contributed by atoms with E-state index in [1.165, 1.54) is 33.9 Å². The van der Waals surface area contributed by atoms with Crippen molar-refractivity contribution >= 4 is 22.8 Å². The van der Waals surface area contributed by atoms with Crippen molar-refractivity contribution in [2.45, 2.75) is 32.4 Å². The van der Waals surface area contributed by atoms with Crippen LogP contribution in [0.2, 0.25) is 0 Å². The molecule has 1 saturated carbocycles. The van der Waals surface area contributed by atoms with E-state index < -0.39 is 0 Å². The van der Waals surface area contributed by atoms with Crippen molar-refractivity contribution in [2.75, 3.05) is 22.9 Å². The quantitative estimate of drug-likeness (QED) is 0.698. The van der Waals surface area contributed by atoms with E-state index in [1.54, 1.807) is 17.2 Å². The second kappa shape index (κ2) is 5.94. The molecule has 1 aliphatic carbocycles. The molecule has 27 heavy (non-hydrogen) atoms. The van der Waals surface area contributed by atoms with Crippen molar-refractivity contribution in [3.8, 4) is 0 Å². The molecule has 2 aliphatic rings. The van der Waals surface area contributed by atoms with Crippen molar-refractivity contribution < 1.29 is 4.79 Å². The van der Waals surface area contributed by atoms with E-state index in [-0.39, 0.29) is 18.0 Å². The van der Waals surface area contributed by atoms with Crippen LogP contribution >= 0.6 is 0 Å². The zero-order valence-corrected chi connectivity index (χ0v) is 15.1. The molecule has 0 saturated heterocycles. The molecule has 1 aliphatic heterocycles. The first-order valence-electron chi connectivity index (χ1n) is 9.19. The fourth-order valence-electron chi connectivity index (χ4n) is 3.88. The summed E-state index contributed by atoms with van der Waals surface area (Å²) in [5, 5.41) is 8.09. The molecular formula is C19H20N6O2. The molecule has 0 atom stereocenters. The molecule has 8 nitrogen and oxygen atoms in total. The molecule has 5 rings (SSSR count). The first-order valence-corrected chi connectivity index (χ1v) is 9.19. The standard InChI is InChI=1S/C19H20N6O2/c1-13-3-2-4-15-18(13)22(14-5-6-14)9-10-23(15)17(26)11-24-19(27)16-7-8-20-25(16)12-21-24/h2-4,7-8,12,14H,5-6,9-11H2,1H3. The van der Waals surface area contributed by atoms with Crippen LogP contribution in [0.5, 0.6) is 0 Å². The Morgan fingerprint density at radius 3 is 2.85 bits per heavy atom. The van der Waals surface area contributed by atoms with Crippen LogP contribution in [0.3, 0.4) is 0 Å². The number of para-hydroxylation sites is 1. The lowest BCUT2D eigenvalue weighted by atomic mass is 10.1. The summed E-state index contributed by atoms with van der Waals surface area (Å²) < 4.78 is 2.62. The van der Waals surface area contributed by atoms with E-state index in [1.807, 2.05) is 12.1 Å². The van der Waals surface area contributed by atoms with Crippen molar-refractivity contribution in [1.82, 2.24) is 19.4 Å². The van der Waals surface area contributed by atoms with Gasteiger partial charge in [0.1, 0.15) is 18.4 Å². The Morgan fingerprint density at radius 1 is 1.19 bits per heavy atom. The Kier molecular flexibility index (Phi) is 3.53. The topological polar surface area (TPSA) is 75.7 Å². The molecule has 3 aromatic rings. The molecule has 2 aromatic heterocycles. The number of carbonyl (C=O) groups is 1. The molecule has 1 aromatic carbocycles. The van der Waals surface area contributed by atoms with Gasteiger partial charge < -0.3 is 9.80 Å². The van der Waals surface area contributed by atoms with Gasteiger partial charge in [0.2, 0.25) is 5.91 Å². The van der Waals surface area contributed by atoms with Gasteiger partial charge in [0.25, 0.3) is 5.56 Å². The lowest BCUT2D eigenvalue weighted by Gasteiger charge is -2.39. The summed E-state index contributed by atoms with van der Waals surface area (Å²) in [5.74, 6) is -0.129. The SMILES string of the molecule is Cc1cccc2c1N(C1CC1)CCN2C(=O)Cn1ncn2nccc2c1=O. The van der Waals surface area contributed by atoms with Crippen molar-refractivity contribution in [2.24, 2.45) is 0 Å². The van der Waals surface area contributed by atoms with Gasteiger partial charge in [-0.05, 0) is 37.5 Å². The number of rotatable bonds is 3. The Hall–Kier alpha value is -3.16. The highest BCUT2D eigenvalue weighted by molar-refractivity contribution is 5.98. The minimum Gasteiger partial charge on any atom is -0.365 e. The third kappa shape index (κ3) is 2.59. The number of anilines is 2. The van der Waals surface area contributed by atoms with E-state index in [4.69, 9.17) is 0 Å². The number of aromatic nitrogens is 4. The third-order valence-corrected chi connectivity index (χ3v) is 5.36. The molecule has 0 unspecified atom stereocenters. The van der Waals surface area contributed by atoms with Crippen molar-refractivity contribution in [3.63, 3.8) is 0 Å². The van der Waals surface area contributed by atoms with E-state index in [2.05, 4.69) is 28.1 Å². The molecular weight excluding hydrogens is 344 g/mol. The zero-order valence-electron chi connectivity index (χ0n) is 15.1. The van der Waals surface area contributed by atoms with Gasteiger partial charge in [-0.3, -0.25) is 9.59 Å². The van der Waals surface area contributed by atoms with Gasteiger partial charge in [-0.15, -0.1) is 0 Å². The van der Waals surface area contributed by atoms with Gasteiger partial charge in [-0.2, -0.15) is 10.2 Å². The summed E-state index contributed by atoms with van der Waals surface area (Å²) in [6.07, 6.45) is 5.42. The normalized spacial score (nSPS) is 16.6. The van der Waals surface area contributed by atoms with Gasteiger partial charge in [-0.1, -0.05) is 12.1 Å². The third-order valence-electron chi connectivity index (χ3n) is 5.36. The van der Waals surface area contributed by atoms with E-state index in [0.29, 0.717) is 18.1 Å². The van der Waals surface area contributed by atoms with Crippen molar-refractivity contribution in [3.05, 3.63) is 52.7 Å². The van der Waals surface area contributed by atoms with Gasteiger partial charge in [-0.25, -0.2) is 9.20 Å². The number of carbonyl (C=O) groups excluding carboxylic acids is 1. The summed E-state index contributed by atoms with van der Waals surface area (Å²) in [7, 11) is 0. The van der Waals surface area contributed by atoms with E-state index >= 15 is 0 Å². The van der Waals surface area contributed by atoms with Gasteiger partial charge in [0.15, 0.2) is 0 Å². The number of aryl methyl sites for hydroxylation is 1. The Morgan fingerprint density at radius 2 is 2.04 bits per heavy atom. The lowest BCUT2D eigenvalue weighted by Crippen LogP contribution is -2.47. The summed E-state index contributed by atoms with van der Waals surface area (Å²) >= 11 is 0. The average molecular weight is 364 g/mol. The molecule has 8 heteroatoms. The smallest absolute Gasteiger partial charge is 0.293 e. The fraction of sp³-hybridized carbons (Fsp3) is 0.368. The highest BCUT2D eigenvalue weighted by Gasteiger charge is 2.36. The predicted octanol–water partition coefficient (Wildman–Crippen LogP) is 1.22. The first kappa shape index (κ1) is 16.0. The Bertz CT molecular complexity index is 1100. The van der Waals surface area contributed by atoms with Gasteiger partial charge >= 0.3 is 0 Å². The molecule has 1 fully saturated rings. The molecule has 3 heterocycles. The second-order valence-electron chi connectivity index (χ2n) is 7.17. The molecule has 0 spiro atoms. The van der Waals surface area contributed by atoms with Crippen LogP contribution in [0.15, 0.2) is 41.6 Å². The maximum atomic E-state index is 13.0. The van der Waals surface area contributed by atoms with Crippen LogP contribution in [0.1, 0.15) is 18.4 Å². The van der Waals surface area contributed by atoms with E-state index in [0.717, 1.165) is 17.9 Å². The summed E-state index contributed by atoms with van der Waals surface area (Å²) in [6.45, 7) is 3.44. The number of nitrogens with zero attached hydrogens (tertiary/aromatic N) is 6. The summed E-state index contributed by atoms with van der Waals surface area (Å²) in [5.41, 5.74) is 3.34. The molecule has 1 amide bonds.